The molecular formula is C59H56F8N12O14S3. The third-order valence-electron chi connectivity index (χ3n) is 16.1. The van der Waals surface area contributed by atoms with Crippen molar-refractivity contribution in [2.24, 2.45) is 5.92 Å². The molecule has 2 atom stereocenters. The molecule has 9 aromatic rings. The fourth-order valence-electron chi connectivity index (χ4n) is 10.7. The Morgan fingerprint density at radius 2 is 0.854 bits per heavy atom. The average Bonchev–Trinajstić information content (AvgIpc) is 1.31. The van der Waals surface area contributed by atoms with Crippen molar-refractivity contribution < 1.29 is 100 Å². The van der Waals surface area contributed by atoms with Crippen LogP contribution in [-0.4, -0.2) is 182 Å². The van der Waals surface area contributed by atoms with Crippen molar-refractivity contribution in [1.82, 2.24) is 42.8 Å². The smallest absolute Gasteiger partial charge is 0.255 e. The van der Waals surface area contributed by atoms with Gasteiger partial charge in [0.2, 0.25) is 30.1 Å². The number of hydrogen-bond donors (Lipinski definition) is 11. The largest absolute Gasteiger partial charge is 0.396 e. The van der Waals surface area contributed by atoms with Crippen LogP contribution in [0.2, 0.25) is 0 Å². The van der Waals surface area contributed by atoms with Gasteiger partial charge in [-0.1, -0.05) is 0 Å². The Hall–Kier alpha value is -8.89. The maximum absolute atomic E-state index is 13.5. The number of rotatable bonds is 14. The minimum absolute atomic E-state index is 0.00658. The van der Waals surface area contributed by atoms with E-state index in [-0.39, 0.29) is 141 Å². The van der Waals surface area contributed by atoms with Gasteiger partial charge >= 0.3 is 0 Å². The number of aliphatic hydroxyl groups is 5. The standard InChI is InChI=1S/2C20H19F3N4O5S.C19H18F2N4O4S/c21-13-7-12(8-14(22)17(13)23)26-19(29)11-5-15-18(25-10-24-15)16(6-11)33(31,32)27-3-1-20(30,9-28)2-4-27;21-13-5-12(6-14(22)18(13)23)26-20(30)11-3-15-19(25-9-24-15)17(4-11)33(31,32)27-2-1-10(8-28)16(29)7-27;20-14-2-1-12(9-15(14)21)24-19(27)11-7-16-18(23-10-22-16)17(8-11)30(28,29)25-5-3-13(26)4-6-25/h5-8,10,28,30H,1-4,9H2,(H,24,25)(H,26,29);3-6,9-10,16,28-29H,1-2,7-8H2,(H,24,25)(H,26,30);1-2,7-10,13,26H,3-6H2,(H,22,23)(H,24,27). The number of β-amino-alcohol motifs (C(OH)–C–C–N with tert-alkyl or cyclic N) is 1. The Morgan fingerprint density at radius 1 is 0.490 bits per heavy atom. The number of halogens is 8. The van der Waals surface area contributed by atoms with Gasteiger partial charge in [-0.15, -0.1) is 0 Å². The number of H-pyrrole nitrogens is 3. The molecule has 3 aliphatic heterocycles. The van der Waals surface area contributed by atoms with Crippen LogP contribution >= 0.6 is 0 Å². The quantitative estimate of drug-likeness (QED) is 0.0468. The number of hydrogen-bond acceptors (Lipinski definition) is 17. The Labute approximate surface area is 538 Å². The topological polar surface area (TPSA) is 387 Å². The number of nitrogens with one attached hydrogen (secondary N) is 6. The molecule has 37 heteroatoms. The molecule has 26 nitrogen and oxygen atoms in total. The summed E-state index contributed by atoms with van der Waals surface area (Å²) in [6.07, 6.45) is 3.11. The number of aromatic amines is 3. The van der Waals surface area contributed by atoms with Crippen molar-refractivity contribution in [2.45, 2.75) is 64.6 Å². The van der Waals surface area contributed by atoms with Gasteiger partial charge < -0.3 is 56.4 Å². The van der Waals surface area contributed by atoms with E-state index in [2.05, 4.69) is 45.9 Å². The molecule has 3 aliphatic rings. The average molecular weight is 1410 g/mol. The van der Waals surface area contributed by atoms with Gasteiger partial charge in [-0.3, -0.25) is 14.4 Å². The predicted molar refractivity (Wildman–Crippen MR) is 325 cm³/mol. The molecule has 3 saturated heterocycles. The first-order valence-corrected chi connectivity index (χ1v) is 33.1. The Kier molecular flexibility index (Phi) is 20.4. The second kappa shape index (κ2) is 28.1. The summed E-state index contributed by atoms with van der Waals surface area (Å²) in [6, 6.07) is 12.7. The van der Waals surface area contributed by atoms with Crippen molar-refractivity contribution >= 4 is 98.0 Å². The zero-order valence-electron chi connectivity index (χ0n) is 49.5. The van der Waals surface area contributed by atoms with E-state index in [4.69, 9.17) is 0 Å². The van der Waals surface area contributed by atoms with Crippen LogP contribution in [0.1, 0.15) is 63.2 Å². The van der Waals surface area contributed by atoms with E-state index in [1.165, 1.54) is 53.6 Å². The van der Waals surface area contributed by atoms with E-state index in [1.54, 1.807) is 0 Å². The first-order valence-electron chi connectivity index (χ1n) is 28.8. The zero-order chi connectivity index (χ0) is 69.3. The summed E-state index contributed by atoms with van der Waals surface area (Å²) in [4.78, 5) is 57.7. The van der Waals surface area contributed by atoms with Crippen LogP contribution in [0.15, 0.2) is 113 Å². The van der Waals surface area contributed by atoms with Gasteiger partial charge in [0.15, 0.2) is 46.5 Å². The van der Waals surface area contributed by atoms with E-state index in [1.807, 2.05) is 0 Å². The Bertz CT molecular complexity index is 4790. The molecule has 2 unspecified atom stereocenters. The van der Waals surface area contributed by atoms with E-state index < -0.39 is 125 Å². The molecular weight excluding hydrogens is 1350 g/mol. The molecule has 3 fully saturated rings. The number of sulfonamides is 3. The number of carbonyl (C=O) groups is 3. The summed E-state index contributed by atoms with van der Waals surface area (Å²) in [6.45, 7) is -0.790. The van der Waals surface area contributed by atoms with Crippen molar-refractivity contribution in [3.8, 4) is 0 Å². The maximum atomic E-state index is 13.5. The van der Waals surface area contributed by atoms with Crippen LogP contribution in [-0.2, 0) is 30.1 Å². The molecule has 6 aromatic carbocycles. The highest BCUT2D eigenvalue weighted by Gasteiger charge is 2.40. The van der Waals surface area contributed by atoms with Crippen LogP contribution in [0.5, 0.6) is 0 Å². The number of carbonyl (C=O) groups excluding carboxylic acids is 3. The van der Waals surface area contributed by atoms with Gasteiger partial charge in [0.1, 0.15) is 31.2 Å². The Morgan fingerprint density at radius 3 is 1.23 bits per heavy atom. The lowest BCUT2D eigenvalue weighted by Crippen LogP contribution is -2.48. The molecule has 0 aliphatic carbocycles. The zero-order valence-corrected chi connectivity index (χ0v) is 52.0. The Balaban J connectivity index is 0.000000157. The molecule has 12 rings (SSSR count). The third-order valence-corrected chi connectivity index (χ3v) is 21.8. The summed E-state index contributed by atoms with van der Waals surface area (Å²) in [5.74, 6) is -14.4. The van der Waals surface area contributed by atoms with E-state index in [0.717, 1.165) is 32.9 Å². The lowest BCUT2D eigenvalue weighted by molar-refractivity contribution is -0.0480. The molecule has 0 spiro atoms. The van der Waals surface area contributed by atoms with Crippen molar-refractivity contribution in [3.05, 3.63) is 161 Å². The van der Waals surface area contributed by atoms with Crippen LogP contribution in [0, 0.1) is 52.5 Å². The number of nitrogens with zero attached hydrogens (tertiary/aromatic N) is 6. The van der Waals surface area contributed by atoms with Gasteiger partial charge in [-0.2, -0.15) is 12.9 Å². The number of aromatic nitrogens is 6. The number of imidazole rings is 3. The highest BCUT2D eigenvalue weighted by atomic mass is 32.2. The summed E-state index contributed by atoms with van der Waals surface area (Å²) in [5, 5.41) is 55.4. The molecule has 96 heavy (non-hydrogen) atoms. The van der Waals surface area contributed by atoms with Gasteiger partial charge in [0.25, 0.3) is 17.7 Å². The molecule has 510 valence electrons. The maximum Gasteiger partial charge on any atom is 0.255 e. The minimum Gasteiger partial charge on any atom is -0.396 e. The van der Waals surface area contributed by atoms with Crippen molar-refractivity contribution in [1.29, 1.82) is 0 Å². The normalized spacial score (nSPS) is 17.6. The summed E-state index contributed by atoms with van der Waals surface area (Å²) in [5.41, 5.74) is -1.28. The fourth-order valence-corrected chi connectivity index (χ4v) is 15.6. The highest BCUT2D eigenvalue weighted by Crippen LogP contribution is 2.34. The van der Waals surface area contributed by atoms with Crippen LogP contribution in [0.25, 0.3) is 33.1 Å². The van der Waals surface area contributed by atoms with Crippen LogP contribution < -0.4 is 16.0 Å². The monoisotopic (exact) mass is 1400 g/mol. The van der Waals surface area contributed by atoms with Crippen molar-refractivity contribution in [2.75, 3.05) is 68.4 Å². The molecule has 6 heterocycles. The number of fused-ring (bicyclic) bond motifs is 3. The number of aliphatic hydroxyl groups excluding tert-OH is 4. The van der Waals surface area contributed by atoms with E-state index in [0.29, 0.717) is 42.6 Å². The van der Waals surface area contributed by atoms with Gasteiger partial charge in [-0.25, -0.2) is 75.3 Å². The molecule has 11 N–H and O–H groups in total. The molecule has 3 aromatic heterocycles. The van der Waals surface area contributed by atoms with Crippen molar-refractivity contribution in [3.63, 3.8) is 0 Å². The molecule has 0 saturated carbocycles. The second-order valence-corrected chi connectivity index (χ2v) is 28.1. The van der Waals surface area contributed by atoms with E-state index >= 15 is 0 Å². The highest BCUT2D eigenvalue weighted by molar-refractivity contribution is 7.90. The van der Waals surface area contributed by atoms with Gasteiger partial charge in [-0.05, 0) is 80.6 Å². The SMILES string of the molecule is O=C(Nc1cc(F)c(F)c(F)c1)c1cc(S(=O)(=O)N2CCC(CO)C(O)C2)c2nc[nH]c2c1.O=C(Nc1cc(F)c(F)c(F)c1)c1cc(S(=O)(=O)N2CCC(O)(CO)CC2)c2nc[nH]c2c1.O=C(Nc1ccc(F)c(F)c1)c1cc(S(=O)(=O)N2CCC(O)CC2)c2nc[nH]c2c1. The summed E-state index contributed by atoms with van der Waals surface area (Å²) >= 11 is 0. The minimum atomic E-state index is -4.21. The summed E-state index contributed by atoms with van der Waals surface area (Å²) < 4.78 is 190. The predicted octanol–water partition coefficient (Wildman–Crippen LogP) is 5.58. The second-order valence-electron chi connectivity index (χ2n) is 22.4. The molecule has 0 bridgehead atoms. The molecule has 3 amide bonds. The van der Waals surface area contributed by atoms with Gasteiger partial charge in [0.05, 0.1) is 59.9 Å². The summed E-state index contributed by atoms with van der Waals surface area (Å²) in [7, 11) is -12.3. The number of benzene rings is 6. The number of anilines is 3. The first-order chi connectivity index (χ1) is 45.4. The third kappa shape index (κ3) is 14.7. The lowest BCUT2D eigenvalue weighted by Gasteiger charge is -2.36. The van der Waals surface area contributed by atoms with Crippen LogP contribution in [0.3, 0.4) is 0 Å². The first kappa shape index (κ1) is 69.9. The number of amides is 3. The molecule has 0 radical (unpaired) electrons. The fraction of sp³-hybridized carbons (Fsp3) is 0.288. The van der Waals surface area contributed by atoms with E-state index in [9.17, 15) is 100 Å². The van der Waals surface area contributed by atoms with Gasteiger partial charge in [0, 0.05) is 116 Å². The number of piperidine rings is 3. The van der Waals surface area contributed by atoms with Crippen LogP contribution in [0.4, 0.5) is 52.2 Å². The lowest BCUT2D eigenvalue weighted by atomic mass is 9.94.